The van der Waals surface area contributed by atoms with Crippen LogP contribution >= 0.6 is 0 Å². The summed E-state index contributed by atoms with van der Waals surface area (Å²) in [5.74, 6) is 0.803. The van der Waals surface area contributed by atoms with Gasteiger partial charge in [-0.1, -0.05) is 19.1 Å². The largest absolute Gasteiger partial charge is 0.496 e. The summed E-state index contributed by atoms with van der Waals surface area (Å²) in [6.07, 6.45) is 4.42. The second-order valence-electron chi connectivity index (χ2n) is 7.95. The molecule has 1 aromatic heterocycles. The first-order valence-corrected chi connectivity index (χ1v) is 11.3. The topological polar surface area (TPSA) is 86.8 Å². The lowest BCUT2D eigenvalue weighted by Gasteiger charge is -2.36. The average Bonchev–Trinajstić information content (AvgIpc) is 3.27. The number of allylic oxidation sites excluding steroid dienone is 2. The highest BCUT2D eigenvalue weighted by Crippen LogP contribution is 2.21. The van der Waals surface area contributed by atoms with Crippen molar-refractivity contribution in [3.8, 4) is 17.3 Å². The van der Waals surface area contributed by atoms with Crippen LogP contribution in [-0.2, 0) is 22.5 Å². The van der Waals surface area contributed by atoms with Gasteiger partial charge in [-0.3, -0.25) is 19.4 Å². The molecule has 0 bridgehead atoms. The summed E-state index contributed by atoms with van der Waals surface area (Å²) in [4.78, 5) is 21.7. The van der Waals surface area contributed by atoms with Crippen molar-refractivity contribution in [3.63, 3.8) is 0 Å². The van der Waals surface area contributed by atoms with E-state index >= 15 is 0 Å². The van der Waals surface area contributed by atoms with Crippen molar-refractivity contribution in [2.75, 3.05) is 33.3 Å². The summed E-state index contributed by atoms with van der Waals surface area (Å²) in [5.41, 5.74) is 3.26. The number of amides is 1. The highest BCUT2D eigenvalue weighted by molar-refractivity contribution is 5.76. The minimum atomic E-state index is 0.0249. The standard InChI is InChI=1S/C25H32N6O2/c1-5-22-15-24(21-9-7-8-20(14-21)16-26)28-31(22)18-25(32)30-12-10-29(11-13-30)19(3)27-17-23(6-2)33-4/h6-9,14-15,17,19H,5,10-13,18H2,1-4H3/b23-6+,27-17-. The number of nitriles is 1. The van der Waals surface area contributed by atoms with E-state index in [2.05, 4.69) is 34.9 Å². The molecule has 0 radical (unpaired) electrons. The van der Waals surface area contributed by atoms with E-state index < -0.39 is 0 Å². The molecule has 174 valence electrons. The first kappa shape index (κ1) is 24.2. The Morgan fingerprint density at radius 1 is 1.30 bits per heavy atom. The van der Waals surface area contributed by atoms with Gasteiger partial charge in [0, 0.05) is 37.4 Å². The molecule has 8 nitrogen and oxygen atoms in total. The molecule has 0 spiro atoms. The molecule has 2 heterocycles. The molecular formula is C25H32N6O2. The summed E-state index contributed by atoms with van der Waals surface area (Å²) >= 11 is 0. The molecule has 8 heteroatoms. The molecule has 1 aliphatic heterocycles. The number of methoxy groups -OCH3 is 1. The predicted molar refractivity (Wildman–Crippen MR) is 129 cm³/mol. The van der Waals surface area contributed by atoms with Crippen molar-refractivity contribution in [1.82, 2.24) is 19.6 Å². The Balaban J connectivity index is 1.61. The summed E-state index contributed by atoms with van der Waals surface area (Å²) in [7, 11) is 1.63. The molecule has 0 N–H and O–H groups in total. The molecule has 1 amide bonds. The highest BCUT2D eigenvalue weighted by atomic mass is 16.5. The third-order valence-corrected chi connectivity index (χ3v) is 5.93. The van der Waals surface area contributed by atoms with E-state index in [9.17, 15) is 4.79 Å². The molecule has 2 aromatic rings. The van der Waals surface area contributed by atoms with E-state index in [-0.39, 0.29) is 18.6 Å². The highest BCUT2D eigenvalue weighted by Gasteiger charge is 2.24. The van der Waals surface area contributed by atoms with Gasteiger partial charge in [0.1, 0.15) is 12.3 Å². The van der Waals surface area contributed by atoms with Gasteiger partial charge in [0.15, 0.2) is 0 Å². The average molecular weight is 449 g/mol. The van der Waals surface area contributed by atoms with Crippen LogP contribution in [0.4, 0.5) is 0 Å². The predicted octanol–water partition coefficient (Wildman–Crippen LogP) is 3.10. The number of benzene rings is 1. The normalized spacial score (nSPS) is 16.1. The van der Waals surface area contributed by atoms with Gasteiger partial charge in [0.05, 0.1) is 36.8 Å². The Bertz CT molecular complexity index is 1060. The number of aromatic nitrogens is 2. The van der Waals surface area contributed by atoms with Crippen LogP contribution in [0.25, 0.3) is 11.3 Å². The summed E-state index contributed by atoms with van der Waals surface area (Å²) in [5, 5.41) is 13.8. The van der Waals surface area contributed by atoms with Crippen LogP contribution in [0.3, 0.4) is 0 Å². The maximum absolute atomic E-state index is 13.0. The summed E-state index contributed by atoms with van der Waals surface area (Å²) in [6, 6.07) is 11.5. The molecule has 1 atom stereocenters. The Morgan fingerprint density at radius 2 is 2.06 bits per heavy atom. The number of carbonyl (C=O) groups excluding carboxylic acids is 1. The van der Waals surface area contributed by atoms with Crippen molar-refractivity contribution in [2.45, 2.75) is 39.9 Å². The van der Waals surface area contributed by atoms with Crippen LogP contribution in [0.5, 0.6) is 0 Å². The molecule has 1 aromatic carbocycles. The molecule has 1 saturated heterocycles. The molecular weight excluding hydrogens is 416 g/mol. The molecule has 1 aliphatic rings. The first-order valence-electron chi connectivity index (χ1n) is 11.3. The van der Waals surface area contributed by atoms with Crippen molar-refractivity contribution < 1.29 is 9.53 Å². The fraction of sp³-hybridized carbons (Fsp3) is 0.440. The molecule has 0 saturated carbocycles. The number of piperazine rings is 1. The first-order chi connectivity index (χ1) is 16.0. The Morgan fingerprint density at radius 3 is 2.70 bits per heavy atom. The zero-order valence-corrected chi connectivity index (χ0v) is 19.9. The van der Waals surface area contributed by atoms with Crippen molar-refractivity contribution in [2.24, 2.45) is 4.99 Å². The second kappa shape index (κ2) is 11.4. The van der Waals surface area contributed by atoms with Crippen LogP contribution < -0.4 is 0 Å². The number of carbonyl (C=O) groups is 1. The van der Waals surface area contributed by atoms with Gasteiger partial charge in [0.2, 0.25) is 5.91 Å². The number of rotatable bonds is 8. The number of hydrogen-bond acceptors (Lipinski definition) is 6. The Kier molecular flexibility index (Phi) is 8.39. The van der Waals surface area contributed by atoms with Gasteiger partial charge in [-0.2, -0.15) is 10.4 Å². The van der Waals surface area contributed by atoms with Crippen LogP contribution in [-0.4, -0.2) is 71.2 Å². The second-order valence-corrected chi connectivity index (χ2v) is 7.95. The number of aliphatic imine (C=N–C) groups is 1. The van der Waals surface area contributed by atoms with Crippen LogP contribution in [0.2, 0.25) is 0 Å². The monoisotopic (exact) mass is 448 g/mol. The lowest BCUT2D eigenvalue weighted by atomic mass is 10.1. The van der Waals surface area contributed by atoms with Crippen LogP contribution in [0.15, 0.2) is 47.2 Å². The van der Waals surface area contributed by atoms with Gasteiger partial charge in [-0.05, 0) is 44.5 Å². The van der Waals surface area contributed by atoms with Gasteiger partial charge >= 0.3 is 0 Å². The number of hydrogen-bond donors (Lipinski definition) is 0. The zero-order valence-electron chi connectivity index (χ0n) is 19.9. The number of nitrogens with zero attached hydrogens (tertiary/aromatic N) is 6. The molecule has 1 fully saturated rings. The molecule has 1 unspecified atom stereocenters. The molecule has 3 rings (SSSR count). The lowest BCUT2D eigenvalue weighted by molar-refractivity contribution is -0.134. The fourth-order valence-electron chi connectivity index (χ4n) is 3.86. The van der Waals surface area contributed by atoms with Gasteiger partial charge in [0.25, 0.3) is 0 Å². The number of ether oxygens (including phenoxy) is 1. The third kappa shape index (κ3) is 6.08. The van der Waals surface area contributed by atoms with Crippen molar-refractivity contribution in [3.05, 3.63) is 53.4 Å². The smallest absolute Gasteiger partial charge is 0.244 e. The van der Waals surface area contributed by atoms with Crippen molar-refractivity contribution >= 4 is 12.1 Å². The van der Waals surface area contributed by atoms with E-state index in [1.165, 1.54) is 0 Å². The van der Waals surface area contributed by atoms with E-state index in [4.69, 9.17) is 10.00 Å². The molecule has 33 heavy (non-hydrogen) atoms. The van der Waals surface area contributed by atoms with Gasteiger partial charge in [-0.15, -0.1) is 0 Å². The van der Waals surface area contributed by atoms with Crippen LogP contribution in [0.1, 0.15) is 32.0 Å². The lowest BCUT2D eigenvalue weighted by Crippen LogP contribution is -2.51. The quantitative estimate of drug-likeness (QED) is 0.458. The minimum Gasteiger partial charge on any atom is -0.496 e. The third-order valence-electron chi connectivity index (χ3n) is 5.93. The summed E-state index contributed by atoms with van der Waals surface area (Å²) in [6.45, 7) is 9.11. The summed E-state index contributed by atoms with van der Waals surface area (Å²) < 4.78 is 7.01. The Hall–Kier alpha value is -3.44. The number of aryl methyl sites for hydroxylation is 1. The van der Waals surface area contributed by atoms with E-state index in [1.807, 2.05) is 42.2 Å². The van der Waals surface area contributed by atoms with Gasteiger partial charge in [-0.25, -0.2) is 0 Å². The van der Waals surface area contributed by atoms with Crippen LogP contribution in [0, 0.1) is 11.3 Å². The maximum Gasteiger partial charge on any atom is 0.244 e. The SMILES string of the molecule is C/C=C(\C=N/C(C)N1CCN(C(=O)Cn2nc(-c3cccc(C#N)c3)cc2CC)CC1)OC. The van der Waals surface area contributed by atoms with E-state index in [1.54, 1.807) is 24.1 Å². The van der Waals surface area contributed by atoms with Crippen molar-refractivity contribution in [1.29, 1.82) is 5.26 Å². The van der Waals surface area contributed by atoms with Gasteiger partial charge < -0.3 is 9.64 Å². The maximum atomic E-state index is 13.0. The Labute approximate surface area is 195 Å². The fourth-order valence-corrected chi connectivity index (χ4v) is 3.86. The van der Waals surface area contributed by atoms with E-state index in [0.29, 0.717) is 18.7 Å². The minimum absolute atomic E-state index is 0.0249. The molecule has 0 aliphatic carbocycles. The zero-order chi connectivity index (χ0) is 23.8. The van der Waals surface area contributed by atoms with E-state index in [0.717, 1.165) is 42.2 Å².